The third-order valence-corrected chi connectivity index (χ3v) is 4.35. The number of aromatic nitrogens is 1. The fourth-order valence-electron chi connectivity index (χ4n) is 1.32. The number of carbonyl (C=O) groups excluding carboxylic acids is 1. The summed E-state index contributed by atoms with van der Waals surface area (Å²) in [6, 6.07) is 1.85. The molecular weight excluding hydrogens is 290 g/mol. The number of anilines is 1. The van der Waals surface area contributed by atoms with Crippen LogP contribution in [-0.2, 0) is 11.3 Å². The van der Waals surface area contributed by atoms with Gasteiger partial charge in [-0.05, 0) is 18.4 Å². The van der Waals surface area contributed by atoms with Crippen LogP contribution in [0.5, 0.6) is 0 Å². The van der Waals surface area contributed by atoms with Crippen molar-refractivity contribution < 1.29 is 4.79 Å². The summed E-state index contributed by atoms with van der Waals surface area (Å²) in [5, 5.41) is 9.08. The summed E-state index contributed by atoms with van der Waals surface area (Å²) in [5.74, 6) is -0.1000. The van der Waals surface area contributed by atoms with Gasteiger partial charge in [-0.15, -0.1) is 22.7 Å². The van der Waals surface area contributed by atoms with Gasteiger partial charge in [-0.2, -0.15) is 0 Å². The van der Waals surface area contributed by atoms with Gasteiger partial charge in [0.25, 0.3) is 0 Å². The molecule has 0 spiro atoms. The Labute approximate surface area is 118 Å². The molecular formula is C11H12ClN3OS2. The van der Waals surface area contributed by atoms with Gasteiger partial charge in [0.15, 0.2) is 5.13 Å². The van der Waals surface area contributed by atoms with E-state index in [0.29, 0.717) is 11.7 Å². The highest BCUT2D eigenvalue weighted by molar-refractivity contribution is 7.15. The molecule has 0 fully saturated rings. The molecule has 2 aromatic rings. The topological polar surface area (TPSA) is 54.0 Å². The molecule has 18 heavy (non-hydrogen) atoms. The fourth-order valence-corrected chi connectivity index (χ4v) is 3.07. The highest BCUT2D eigenvalue weighted by Gasteiger charge is 2.06. The molecule has 2 aromatic heterocycles. The first kappa shape index (κ1) is 13.5. The van der Waals surface area contributed by atoms with E-state index in [0.717, 1.165) is 14.8 Å². The molecule has 0 radical (unpaired) electrons. The van der Waals surface area contributed by atoms with E-state index in [9.17, 15) is 4.79 Å². The summed E-state index contributed by atoms with van der Waals surface area (Å²) in [4.78, 5) is 17.8. The van der Waals surface area contributed by atoms with E-state index >= 15 is 0 Å². The maximum atomic E-state index is 11.6. The number of nitrogens with one attached hydrogen (secondary N) is 2. The quantitative estimate of drug-likeness (QED) is 0.893. The van der Waals surface area contributed by atoms with Gasteiger partial charge in [-0.3, -0.25) is 4.79 Å². The van der Waals surface area contributed by atoms with Crippen LogP contribution in [0.2, 0.25) is 5.02 Å². The molecule has 1 amide bonds. The first-order chi connectivity index (χ1) is 8.65. The highest BCUT2D eigenvalue weighted by atomic mass is 35.5. The van der Waals surface area contributed by atoms with Crippen LogP contribution in [-0.4, -0.2) is 17.4 Å². The number of carbonyl (C=O) groups is 1. The smallest absolute Gasteiger partial charge is 0.240 e. The average molecular weight is 302 g/mol. The van der Waals surface area contributed by atoms with Crippen LogP contribution in [0, 0.1) is 6.92 Å². The standard InChI is InChI=1S/C11H12ClN3OS2/c1-7-4-14-11(18-7)15-10(16)6-13-5-9-8(12)2-3-17-9/h2-4,13H,5-6H2,1H3,(H,14,15,16). The molecule has 0 unspecified atom stereocenters. The lowest BCUT2D eigenvalue weighted by Gasteiger charge is -2.03. The van der Waals surface area contributed by atoms with Gasteiger partial charge in [0.05, 0.1) is 11.6 Å². The molecule has 7 heteroatoms. The lowest BCUT2D eigenvalue weighted by atomic mass is 10.4. The molecule has 4 nitrogen and oxygen atoms in total. The van der Waals surface area contributed by atoms with E-state index in [1.165, 1.54) is 11.3 Å². The second-order valence-electron chi connectivity index (χ2n) is 3.62. The molecule has 0 aliphatic carbocycles. The Hall–Kier alpha value is -0.950. The minimum Gasteiger partial charge on any atom is -0.303 e. The number of hydrogen-bond acceptors (Lipinski definition) is 5. The second-order valence-corrected chi connectivity index (χ2v) is 6.26. The van der Waals surface area contributed by atoms with Crippen molar-refractivity contribution in [3.05, 3.63) is 32.4 Å². The SMILES string of the molecule is Cc1cnc(NC(=O)CNCc2sccc2Cl)s1. The van der Waals surface area contributed by atoms with Crippen molar-refractivity contribution in [2.75, 3.05) is 11.9 Å². The lowest BCUT2D eigenvalue weighted by Crippen LogP contribution is -2.27. The molecule has 0 aliphatic heterocycles. The molecule has 0 saturated carbocycles. The summed E-state index contributed by atoms with van der Waals surface area (Å²) in [7, 11) is 0. The van der Waals surface area contributed by atoms with Gasteiger partial charge >= 0.3 is 0 Å². The molecule has 0 saturated heterocycles. The van der Waals surface area contributed by atoms with Gasteiger partial charge in [0.2, 0.25) is 5.91 Å². The average Bonchev–Trinajstić information content (AvgIpc) is 2.89. The normalized spacial score (nSPS) is 10.6. The van der Waals surface area contributed by atoms with Crippen LogP contribution in [0.4, 0.5) is 5.13 Å². The number of amides is 1. The third kappa shape index (κ3) is 3.78. The number of thiazole rings is 1. The van der Waals surface area contributed by atoms with Gasteiger partial charge in [-0.25, -0.2) is 4.98 Å². The van der Waals surface area contributed by atoms with Crippen molar-refractivity contribution in [1.29, 1.82) is 0 Å². The minimum absolute atomic E-state index is 0.1000. The minimum atomic E-state index is -0.1000. The molecule has 0 aliphatic rings. The molecule has 2 rings (SSSR count). The highest BCUT2D eigenvalue weighted by Crippen LogP contribution is 2.21. The number of rotatable bonds is 5. The van der Waals surface area contributed by atoms with Crippen molar-refractivity contribution >= 4 is 45.3 Å². The van der Waals surface area contributed by atoms with Crippen molar-refractivity contribution in [1.82, 2.24) is 10.3 Å². The van der Waals surface area contributed by atoms with Gasteiger partial charge in [0.1, 0.15) is 0 Å². The second kappa shape index (κ2) is 6.29. The van der Waals surface area contributed by atoms with Gasteiger partial charge in [-0.1, -0.05) is 11.6 Å². The van der Waals surface area contributed by atoms with Crippen LogP contribution in [0.1, 0.15) is 9.75 Å². The maximum Gasteiger partial charge on any atom is 0.240 e. The van der Waals surface area contributed by atoms with Crippen LogP contribution < -0.4 is 10.6 Å². The number of aryl methyl sites for hydroxylation is 1. The zero-order valence-corrected chi connectivity index (χ0v) is 12.1. The van der Waals surface area contributed by atoms with Crippen LogP contribution in [0.25, 0.3) is 0 Å². The summed E-state index contributed by atoms with van der Waals surface area (Å²) >= 11 is 8.98. The van der Waals surface area contributed by atoms with E-state index in [1.807, 2.05) is 18.4 Å². The Bertz CT molecular complexity index is 538. The van der Waals surface area contributed by atoms with Crippen LogP contribution in [0.3, 0.4) is 0 Å². The molecule has 0 atom stereocenters. The van der Waals surface area contributed by atoms with Crippen molar-refractivity contribution in [2.24, 2.45) is 0 Å². The third-order valence-electron chi connectivity index (χ3n) is 2.13. The predicted molar refractivity (Wildman–Crippen MR) is 76.5 cm³/mol. The number of hydrogen-bond donors (Lipinski definition) is 2. The first-order valence-corrected chi connectivity index (χ1v) is 7.37. The summed E-state index contributed by atoms with van der Waals surface area (Å²) < 4.78 is 0. The Morgan fingerprint density at radius 1 is 1.56 bits per heavy atom. The number of halogens is 1. The van der Waals surface area contributed by atoms with E-state index in [4.69, 9.17) is 11.6 Å². The van der Waals surface area contributed by atoms with Crippen molar-refractivity contribution in [3.8, 4) is 0 Å². The van der Waals surface area contributed by atoms with Gasteiger partial charge in [0, 0.05) is 22.5 Å². The zero-order valence-electron chi connectivity index (χ0n) is 9.70. The first-order valence-electron chi connectivity index (χ1n) is 5.30. The van der Waals surface area contributed by atoms with Crippen LogP contribution >= 0.6 is 34.3 Å². The summed E-state index contributed by atoms with van der Waals surface area (Å²) in [5.41, 5.74) is 0. The Morgan fingerprint density at radius 3 is 3.00 bits per heavy atom. The predicted octanol–water partition coefficient (Wildman–Crippen LogP) is 2.89. The molecule has 2 heterocycles. The zero-order chi connectivity index (χ0) is 13.0. The molecule has 96 valence electrons. The summed E-state index contributed by atoms with van der Waals surface area (Å²) in [6.07, 6.45) is 1.74. The Kier molecular flexibility index (Phi) is 4.71. The fraction of sp³-hybridized carbons (Fsp3) is 0.273. The van der Waals surface area contributed by atoms with Gasteiger partial charge < -0.3 is 10.6 Å². The molecule has 2 N–H and O–H groups in total. The Balaban J connectivity index is 1.74. The number of nitrogens with zero attached hydrogens (tertiary/aromatic N) is 1. The number of thiophene rings is 1. The lowest BCUT2D eigenvalue weighted by molar-refractivity contribution is -0.115. The van der Waals surface area contributed by atoms with E-state index < -0.39 is 0 Å². The van der Waals surface area contributed by atoms with Crippen LogP contribution in [0.15, 0.2) is 17.6 Å². The van der Waals surface area contributed by atoms with E-state index in [-0.39, 0.29) is 12.5 Å². The van der Waals surface area contributed by atoms with E-state index in [1.54, 1.807) is 17.5 Å². The van der Waals surface area contributed by atoms with E-state index in [2.05, 4.69) is 15.6 Å². The van der Waals surface area contributed by atoms with Crippen molar-refractivity contribution in [3.63, 3.8) is 0 Å². The summed E-state index contributed by atoms with van der Waals surface area (Å²) in [6.45, 7) is 2.79. The molecule has 0 aromatic carbocycles. The largest absolute Gasteiger partial charge is 0.303 e. The molecule has 0 bridgehead atoms. The Morgan fingerprint density at radius 2 is 2.39 bits per heavy atom. The van der Waals surface area contributed by atoms with Crippen molar-refractivity contribution in [2.45, 2.75) is 13.5 Å². The monoisotopic (exact) mass is 301 g/mol. The maximum absolute atomic E-state index is 11.6.